The van der Waals surface area contributed by atoms with Gasteiger partial charge in [0.15, 0.2) is 0 Å². The van der Waals surface area contributed by atoms with E-state index in [2.05, 4.69) is 0 Å². The van der Waals surface area contributed by atoms with Gasteiger partial charge in [-0.1, -0.05) is 20.8 Å². The summed E-state index contributed by atoms with van der Waals surface area (Å²) in [5, 5.41) is 8.76. The van der Waals surface area contributed by atoms with Crippen molar-refractivity contribution in [2.24, 2.45) is 5.41 Å². The Morgan fingerprint density at radius 3 is 1.86 bits per heavy atom. The Morgan fingerprint density at radius 2 is 1.64 bits per heavy atom. The van der Waals surface area contributed by atoms with Gasteiger partial charge >= 0.3 is 5.97 Å². The van der Waals surface area contributed by atoms with E-state index < -0.39 is 5.97 Å². The summed E-state index contributed by atoms with van der Waals surface area (Å²) in [7, 11) is 0. The van der Waals surface area contributed by atoms with Gasteiger partial charge in [0.1, 0.15) is 0 Å². The Kier molecular flexibility index (Phi) is 4.13. The van der Waals surface area contributed by atoms with E-state index in [0.29, 0.717) is 0 Å². The molecule has 1 unspecified atom stereocenters. The third-order valence-electron chi connectivity index (χ3n) is 1.82. The monoisotopic (exact) mass is 202 g/mol. The lowest BCUT2D eigenvalue weighted by atomic mass is 9.86. The van der Waals surface area contributed by atoms with Crippen LogP contribution in [0, 0.1) is 5.41 Å². The molecule has 0 aromatic rings. The molecule has 3 heteroatoms. The standard InChI is InChI=1S/C11H22O3/c1-10(2,3)8(7-9(12)13)14-11(4,5)6/h8H,7H2,1-6H3,(H,12,13). The first-order valence-corrected chi connectivity index (χ1v) is 4.92. The fourth-order valence-corrected chi connectivity index (χ4v) is 1.11. The summed E-state index contributed by atoms with van der Waals surface area (Å²) in [4.78, 5) is 10.7. The Balaban J connectivity index is 4.50. The van der Waals surface area contributed by atoms with Gasteiger partial charge in [-0.3, -0.25) is 4.79 Å². The lowest BCUT2D eigenvalue weighted by molar-refractivity contribution is -0.150. The van der Waals surface area contributed by atoms with Crippen LogP contribution in [-0.4, -0.2) is 22.8 Å². The summed E-state index contributed by atoms with van der Waals surface area (Å²) in [6.45, 7) is 11.8. The molecule has 1 atom stereocenters. The van der Waals surface area contributed by atoms with Crippen molar-refractivity contribution in [3.63, 3.8) is 0 Å². The maximum Gasteiger partial charge on any atom is 0.306 e. The van der Waals surface area contributed by atoms with Gasteiger partial charge in [-0.05, 0) is 26.2 Å². The Morgan fingerprint density at radius 1 is 1.21 bits per heavy atom. The van der Waals surface area contributed by atoms with Crippen LogP contribution in [0.3, 0.4) is 0 Å². The van der Waals surface area contributed by atoms with Gasteiger partial charge in [0.05, 0.1) is 18.1 Å². The molecule has 3 nitrogen and oxygen atoms in total. The second kappa shape index (κ2) is 4.30. The number of aliphatic carboxylic acids is 1. The maximum absolute atomic E-state index is 10.7. The lowest BCUT2D eigenvalue weighted by Crippen LogP contribution is -2.38. The summed E-state index contributed by atoms with van der Waals surface area (Å²) >= 11 is 0. The Hall–Kier alpha value is -0.570. The number of ether oxygens (including phenoxy) is 1. The number of carbonyl (C=O) groups is 1. The molecule has 0 radical (unpaired) electrons. The van der Waals surface area contributed by atoms with Gasteiger partial charge in [-0.2, -0.15) is 0 Å². The number of hydrogen-bond acceptors (Lipinski definition) is 2. The fourth-order valence-electron chi connectivity index (χ4n) is 1.11. The third-order valence-corrected chi connectivity index (χ3v) is 1.82. The lowest BCUT2D eigenvalue weighted by Gasteiger charge is -2.35. The molecule has 0 rings (SSSR count). The summed E-state index contributed by atoms with van der Waals surface area (Å²) in [6, 6.07) is 0. The van der Waals surface area contributed by atoms with E-state index in [0.717, 1.165) is 0 Å². The zero-order valence-electron chi connectivity index (χ0n) is 10.0. The minimum absolute atomic E-state index is 0.0563. The normalized spacial score (nSPS) is 15.3. The smallest absolute Gasteiger partial charge is 0.306 e. The van der Waals surface area contributed by atoms with Crippen molar-refractivity contribution < 1.29 is 14.6 Å². The molecule has 0 aromatic carbocycles. The van der Waals surface area contributed by atoms with E-state index in [1.807, 2.05) is 41.5 Å². The van der Waals surface area contributed by atoms with Crippen molar-refractivity contribution in [2.45, 2.75) is 59.7 Å². The highest BCUT2D eigenvalue weighted by Gasteiger charge is 2.31. The summed E-state index contributed by atoms with van der Waals surface area (Å²) in [5.41, 5.74) is -0.445. The quantitative estimate of drug-likeness (QED) is 0.765. The van der Waals surface area contributed by atoms with Gasteiger partial charge in [-0.15, -0.1) is 0 Å². The average molecular weight is 202 g/mol. The van der Waals surface area contributed by atoms with Gasteiger partial charge < -0.3 is 9.84 Å². The van der Waals surface area contributed by atoms with Crippen molar-refractivity contribution in [3.8, 4) is 0 Å². The molecule has 14 heavy (non-hydrogen) atoms. The van der Waals surface area contributed by atoms with E-state index >= 15 is 0 Å². The third kappa shape index (κ3) is 5.97. The zero-order valence-corrected chi connectivity index (χ0v) is 10.0. The highest BCUT2D eigenvalue weighted by molar-refractivity contribution is 5.67. The first kappa shape index (κ1) is 13.4. The Bertz CT molecular complexity index is 196. The van der Waals surface area contributed by atoms with Gasteiger partial charge in [-0.25, -0.2) is 0 Å². The highest BCUT2D eigenvalue weighted by atomic mass is 16.5. The van der Waals surface area contributed by atoms with E-state index in [1.54, 1.807) is 0 Å². The molecule has 0 saturated heterocycles. The molecule has 0 aliphatic rings. The molecular formula is C11H22O3. The first-order chi connectivity index (χ1) is 6.02. The fraction of sp³-hybridized carbons (Fsp3) is 0.909. The van der Waals surface area contributed by atoms with Crippen LogP contribution >= 0.6 is 0 Å². The SMILES string of the molecule is CC(C)(C)OC(CC(=O)O)C(C)(C)C. The van der Waals surface area contributed by atoms with Crippen LogP contribution in [0.4, 0.5) is 0 Å². The van der Waals surface area contributed by atoms with Crippen molar-refractivity contribution in [1.29, 1.82) is 0 Å². The zero-order chi connectivity index (χ0) is 11.6. The van der Waals surface area contributed by atoms with Crippen LogP contribution in [0.5, 0.6) is 0 Å². The molecule has 0 aromatic heterocycles. The number of carboxylic acids is 1. The molecule has 0 saturated carbocycles. The van der Waals surface area contributed by atoms with Crippen molar-refractivity contribution in [1.82, 2.24) is 0 Å². The molecule has 1 N–H and O–H groups in total. The van der Waals surface area contributed by atoms with E-state index in [9.17, 15) is 4.79 Å². The van der Waals surface area contributed by atoms with Crippen LogP contribution in [0.15, 0.2) is 0 Å². The molecule has 0 heterocycles. The largest absolute Gasteiger partial charge is 0.481 e. The van der Waals surface area contributed by atoms with Gasteiger partial charge in [0.2, 0.25) is 0 Å². The highest BCUT2D eigenvalue weighted by Crippen LogP contribution is 2.28. The summed E-state index contributed by atoms with van der Waals surface area (Å²) < 4.78 is 5.73. The average Bonchev–Trinajstić information content (AvgIpc) is 1.78. The molecule has 0 bridgehead atoms. The first-order valence-electron chi connectivity index (χ1n) is 4.92. The molecule has 0 fully saturated rings. The summed E-state index contributed by atoms with van der Waals surface area (Å²) in [5.74, 6) is -0.811. The van der Waals surface area contributed by atoms with E-state index in [1.165, 1.54) is 0 Å². The molecular weight excluding hydrogens is 180 g/mol. The van der Waals surface area contributed by atoms with Crippen molar-refractivity contribution >= 4 is 5.97 Å². The molecule has 0 amide bonds. The predicted octanol–water partition coefficient (Wildman–Crippen LogP) is 2.69. The molecule has 0 aliphatic heterocycles. The second-order valence-corrected chi connectivity index (χ2v) is 5.68. The van der Waals surface area contributed by atoms with Gasteiger partial charge in [0, 0.05) is 0 Å². The minimum Gasteiger partial charge on any atom is -0.481 e. The van der Waals surface area contributed by atoms with Gasteiger partial charge in [0.25, 0.3) is 0 Å². The summed E-state index contributed by atoms with van der Waals surface area (Å²) in [6.07, 6.45) is -0.194. The minimum atomic E-state index is -0.811. The molecule has 0 aliphatic carbocycles. The van der Waals surface area contributed by atoms with Crippen LogP contribution in [0.1, 0.15) is 48.0 Å². The van der Waals surface area contributed by atoms with Crippen LogP contribution in [0.25, 0.3) is 0 Å². The van der Waals surface area contributed by atoms with Crippen LogP contribution < -0.4 is 0 Å². The second-order valence-electron chi connectivity index (χ2n) is 5.68. The number of carboxylic acid groups (broad SMARTS) is 1. The molecule has 84 valence electrons. The Labute approximate surface area is 86.5 Å². The van der Waals surface area contributed by atoms with Crippen LogP contribution in [0.2, 0.25) is 0 Å². The van der Waals surface area contributed by atoms with E-state index in [4.69, 9.17) is 9.84 Å². The maximum atomic E-state index is 10.7. The van der Waals surface area contributed by atoms with Crippen molar-refractivity contribution in [2.75, 3.05) is 0 Å². The van der Waals surface area contributed by atoms with Crippen LogP contribution in [-0.2, 0) is 9.53 Å². The number of hydrogen-bond donors (Lipinski definition) is 1. The van der Waals surface area contributed by atoms with Crippen molar-refractivity contribution in [3.05, 3.63) is 0 Å². The van der Waals surface area contributed by atoms with E-state index in [-0.39, 0.29) is 23.5 Å². The number of rotatable bonds is 3. The topological polar surface area (TPSA) is 46.5 Å². The predicted molar refractivity (Wildman–Crippen MR) is 56.3 cm³/mol. The molecule has 0 spiro atoms.